The highest BCUT2D eigenvalue weighted by molar-refractivity contribution is 7.99. The fourth-order valence-electron chi connectivity index (χ4n) is 4.66. The summed E-state index contributed by atoms with van der Waals surface area (Å²) in [5.41, 5.74) is 0. The van der Waals surface area contributed by atoms with E-state index in [2.05, 4.69) is 44.9 Å². The van der Waals surface area contributed by atoms with Crippen molar-refractivity contribution in [3.63, 3.8) is 0 Å². The van der Waals surface area contributed by atoms with Crippen molar-refractivity contribution in [2.45, 2.75) is 149 Å². The zero-order valence-electron chi connectivity index (χ0n) is 25.0. The van der Waals surface area contributed by atoms with Gasteiger partial charge in [0.1, 0.15) is 0 Å². The molecule has 0 saturated carbocycles. The topological polar surface area (TPSA) is 29.1 Å². The molecule has 0 aliphatic rings. The number of carbonyl (C=O) groups is 1. The van der Waals surface area contributed by atoms with E-state index in [4.69, 9.17) is 0 Å². The minimum atomic E-state index is 0. The van der Waals surface area contributed by atoms with Crippen LogP contribution < -0.4 is 29.3 Å². The van der Waals surface area contributed by atoms with Gasteiger partial charge in [-0.3, -0.25) is 4.79 Å². The molecule has 1 N–H and O–H groups in total. The number of hydrogen-bond donors (Lipinski definition) is 1. The van der Waals surface area contributed by atoms with Crippen molar-refractivity contribution in [1.82, 2.24) is 5.32 Å². The van der Waals surface area contributed by atoms with Crippen LogP contribution in [0.2, 0.25) is 0 Å². The van der Waals surface area contributed by atoms with Crippen molar-refractivity contribution in [3.05, 3.63) is 0 Å². The number of nitrogens with zero attached hydrogens (tertiary/aromatic N) is 1. The molecule has 0 spiro atoms. The van der Waals surface area contributed by atoms with Crippen LogP contribution in [0.1, 0.15) is 149 Å². The molecule has 36 heavy (non-hydrogen) atoms. The summed E-state index contributed by atoms with van der Waals surface area (Å²) in [5.74, 6) is 2.99. The lowest BCUT2D eigenvalue weighted by molar-refractivity contribution is -0.906. The first kappa shape index (κ1) is 38.7. The third-order valence-electron chi connectivity index (χ3n) is 7.81. The van der Waals surface area contributed by atoms with Crippen LogP contribution in [0.5, 0.6) is 0 Å². The summed E-state index contributed by atoms with van der Waals surface area (Å²) < 4.78 is 1.11. The van der Waals surface area contributed by atoms with Crippen LogP contribution in [0.3, 0.4) is 0 Å². The van der Waals surface area contributed by atoms with E-state index in [-0.39, 0.29) is 29.9 Å². The van der Waals surface area contributed by atoms with Crippen LogP contribution >= 0.6 is 11.8 Å². The molecule has 218 valence electrons. The standard InChI is InChI=1S/C31H64N2OS.HI/c1-5-8-9-10-11-12-14-17-20-23-29-35-30-24-21-18-15-13-16-19-22-26-31(34)32-27-25-28-33(4,6-2)7-3;/h5-30H2,1-4H3;1H. The van der Waals surface area contributed by atoms with E-state index in [0.29, 0.717) is 6.42 Å². The summed E-state index contributed by atoms with van der Waals surface area (Å²) in [4.78, 5) is 12.0. The van der Waals surface area contributed by atoms with E-state index in [9.17, 15) is 4.79 Å². The van der Waals surface area contributed by atoms with Gasteiger partial charge in [0, 0.05) is 19.4 Å². The molecule has 0 aromatic rings. The Bertz CT molecular complexity index is 446. The van der Waals surface area contributed by atoms with Crippen molar-refractivity contribution in [2.24, 2.45) is 0 Å². The van der Waals surface area contributed by atoms with Crippen molar-refractivity contribution in [3.8, 4) is 0 Å². The lowest BCUT2D eigenvalue weighted by atomic mass is 10.1. The van der Waals surface area contributed by atoms with Gasteiger partial charge in [0.2, 0.25) is 5.91 Å². The molecule has 0 aromatic carbocycles. The maximum Gasteiger partial charge on any atom is 0.219 e. The van der Waals surface area contributed by atoms with E-state index in [1.54, 1.807) is 0 Å². The average molecular weight is 641 g/mol. The van der Waals surface area contributed by atoms with Gasteiger partial charge < -0.3 is 33.8 Å². The number of thioether (sulfide) groups is 1. The van der Waals surface area contributed by atoms with Crippen LogP contribution in [0.4, 0.5) is 0 Å². The Kier molecular flexibility index (Phi) is 32.3. The third kappa shape index (κ3) is 27.5. The average Bonchev–Trinajstić information content (AvgIpc) is 2.87. The molecule has 0 radical (unpaired) electrons. The first-order valence-corrected chi connectivity index (χ1v) is 16.9. The maximum absolute atomic E-state index is 12.0. The second-order valence-electron chi connectivity index (χ2n) is 11.1. The first-order valence-electron chi connectivity index (χ1n) is 15.8. The smallest absolute Gasteiger partial charge is 0.219 e. The third-order valence-corrected chi connectivity index (χ3v) is 8.96. The van der Waals surface area contributed by atoms with Gasteiger partial charge in [0.05, 0.1) is 26.7 Å². The lowest BCUT2D eigenvalue weighted by Crippen LogP contribution is -3.00. The number of nitrogens with one attached hydrogen (secondary N) is 1. The highest BCUT2D eigenvalue weighted by atomic mass is 127. The molecule has 0 heterocycles. The van der Waals surface area contributed by atoms with Gasteiger partial charge in [0.25, 0.3) is 0 Å². The van der Waals surface area contributed by atoms with Crippen molar-refractivity contribution < 1.29 is 33.3 Å². The molecular formula is C31H65IN2OS. The molecule has 0 bridgehead atoms. The Labute approximate surface area is 249 Å². The van der Waals surface area contributed by atoms with Gasteiger partial charge in [-0.2, -0.15) is 11.8 Å². The van der Waals surface area contributed by atoms with Crippen LogP contribution in [-0.2, 0) is 4.79 Å². The quantitative estimate of drug-likeness (QED) is 0.0632. The molecule has 0 aromatic heterocycles. The Morgan fingerprint density at radius 2 is 1.03 bits per heavy atom. The van der Waals surface area contributed by atoms with E-state index in [0.717, 1.165) is 30.4 Å². The minimum absolute atomic E-state index is 0. The second kappa shape index (κ2) is 30.1. The molecule has 0 aliphatic carbocycles. The number of halogens is 1. The number of rotatable bonds is 28. The largest absolute Gasteiger partial charge is 1.00 e. The lowest BCUT2D eigenvalue weighted by Gasteiger charge is -2.32. The van der Waals surface area contributed by atoms with Gasteiger partial charge in [-0.05, 0) is 44.6 Å². The van der Waals surface area contributed by atoms with Gasteiger partial charge in [0.15, 0.2) is 0 Å². The molecule has 0 saturated heterocycles. The monoisotopic (exact) mass is 640 g/mol. The summed E-state index contributed by atoms with van der Waals surface area (Å²) in [6.45, 7) is 11.1. The van der Waals surface area contributed by atoms with Crippen LogP contribution in [0, 0.1) is 0 Å². The summed E-state index contributed by atoms with van der Waals surface area (Å²) in [6.07, 6.45) is 26.7. The fourth-order valence-corrected chi connectivity index (χ4v) is 5.68. The Morgan fingerprint density at radius 3 is 1.47 bits per heavy atom. The summed E-state index contributed by atoms with van der Waals surface area (Å²) >= 11 is 2.18. The van der Waals surface area contributed by atoms with Crippen molar-refractivity contribution in [1.29, 1.82) is 0 Å². The minimum Gasteiger partial charge on any atom is -1.00 e. The molecule has 0 aliphatic heterocycles. The zero-order valence-corrected chi connectivity index (χ0v) is 28.0. The molecular weight excluding hydrogens is 575 g/mol. The molecule has 0 unspecified atom stereocenters. The molecule has 1 amide bonds. The van der Waals surface area contributed by atoms with Crippen LogP contribution in [-0.4, -0.2) is 55.1 Å². The number of hydrogen-bond acceptors (Lipinski definition) is 2. The Balaban J connectivity index is 0. The van der Waals surface area contributed by atoms with Gasteiger partial charge in [-0.25, -0.2) is 0 Å². The maximum atomic E-state index is 12.0. The molecule has 5 heteroatoms. The van der Waals surface area contributed by atoms with E-state index in [1.165, 1.54) is 134 Å². The summed E-state index contributed by atoms with van der Waals surface area (Å²) in [5, 5.41) is 3.11. The SMILES string of the molecule is CCCCCCCCCCCCSCCCCCCCCCCC(=O)NCCC[N+](C)(CC)CC.[I-]. The number of quaternary nitrogens is 1. The molecule has 0 rings (SSSR count). The highest BCUT2D eigenvalue weighted by Crippen LogP contribution is 2.15. The van der Waals surface area contributed by atoms with Crippen LogP contribution in [0.15, 0.2) is 0 Å². The number of carbonyl (C=O) groups excluding carboxylic acids is 1. The Morgan fingerprint density at radius 1 is 0.611 bits per heavy atom. The zero-order chi connectivity index (χ0) is 25.9. The summed E-state index contributed by atoms with van der Waals surface area (Å²) in [7, 11) is 2.31. The first-order chi connectivity index (χ1) is 17.1. The van der Waals surface area contributed by atoms with Gasteiger partial charge >= 0.3 is 0 Å². The van der Waals surface area contributed by atoms with Gasteiger partial charge in [-0.15, -0.1) is 0 Å². The number of amides is 1. The van der Waals surface area contributed by atoms with Crippen molar-refractivity contribution >= 4 is 17.7 Å². The van der Waals surface area contributed by atoms with E-state index < -0.39 is 0 Å². The fraction of sp³-hybridized carbons (Fsp3) is 0.968. The molecule has 0 fully saturated rings. The normalized spacial score (nSPS) is 11.4. The van der Waals surface area contributed by atoms with E-state index >= 15 is 0 Å². The van der Waals surface area contributed by atoms with Crippen LogP contribution in [0.25, 0.3) is 0 Å². The summed E-state index contributed by atoms with van der Waals surface area (Å²) in [6, 6.07) is 0. The Hall–Kier alpha value is 0.510. The predicted octanol–water partition coefficient (Wildman–Crippen LogP) is 6.15. The van der Waals surface area contributed by atoms with Crippen molar-refractivity contribution in [2.75, 3.05) is 44.7 Å². The van der Waals surface area contributed by atoms with E-state index in [1.807, 2.05) is 0 Å². The van der Waals surface area contributed by atoms with Gasteiger partial charge in [-0.1, -0.05) is 103 Å². The second-order valence-corrected chi connectivity index (χ2v) is 12.3. The molecule has 0 atom stereocenters. The highest BCUT2D eigenvalue weighted by Gasteiger charge is 2.15. The number of unbranched alkanes of at least 4 members (excludes halogenated alkanes) is 16. The molecule has 3 nitrogen and oxygen atoms in total. The predicted molar refractivity (Wildman–Crippen MR) is 160 cm³/mol.